The minimum absolute atomic E-state index is 0. The summed E-state index contributed by atoms with van der Waals surface area (Å²) in [5, 5.41) is 23.4. The molecule has 0 amide bonds. The molecule has 192 valence electrons. The van der Waals surface area contributed by atoms with E-state index in [0.717, 1.165) is 27.1 Å². The number of phenolic OH excluding ortho intramolecular Hbond substituents is 2. The number of aromatic hydroxyl groups is 2. The van der Waals surface area contributed by atoms with Gasteiger partial charge in [-0.15, -0.1) is 0 Å². The molecular formula is C28H26BrClN2O5. The summed E-state index contributed by atoms with van der Waals surface area (Å²) in [4.78, 5) is 0. The Morgan fingerprint density at radius 3 is 1.57 bits per heavy atom. The smallest absolute Gasteiger partial charge is 0.292 e. The highest BCUT2D eigenvalue weighted by Gasteiger charge is 2.25. The van der Waals surface area contributed by atoms with Crippen LogP contribution in [0.4, 0.5) is 17.1 Å². The van der Waals surface area contributed by atoms with Gasteiger partial charge in [0.2, 0.25) is 5.75 Å². The van der Waals surface area contributed by atoms with Gasteiger partial charge < -0.3 is 36.8 Å². The fourth-order valence-corrected chi connectivity index (χ4v) is 4.02. The lowest BCUT2D eigenvalue weighted by Crippen LogP contribution is -3.00. The number of rotatable bonds is 7. The van der Waals surface area contributed by atoms with Gasteiger partial charge in [-0.25, -0.2) is 5.32 Å². The van der Waals surface area contributed by atoms with Crippen molar-refractivity contribution in [3.63, 3.8) is 0 Å². The first kappa shape index (κ1) is 27.7. The van der Waals surface area contributed by atoms with E-state index in [-0.39, 0.29) is 23.9 Å². The summed E-state index contributed by atoms with van der Waals surface area (Å²) in [7, 11) is 4.70. The van der Waals surface area contributed by atoms with Crippen LogP contribution in [-0.4, -0.2) is 37.4 Å². The molecule has 0 radical (unpaired) electrons. The van der Waals surface area contributed by atoms with Crippen LogP contribution in [0.3, 0.4) is 0 Å². The van der Waals surface area contributed by atoms with Crippen LogP contribution in [0.2, 0.25) is 0 Å². The highest BCUT2D eigenvalue weighted by Crippen LogP contribution is 2.39. The van der Waals surface area contributed by atoms with Crippen molar-refractivity contribution in [3.8, 4) is 28.7 Å². The molecule has 3 N–H and O–H groups in total. The predicted octanol–water partition coefficient (Wildman–Crippen LogP) is 3.28. The maximum Gasteiger partial charge on any atom is 0.292 e. The first-order valence-electron chi connectivity index (χ1n) is 11.0. The molecule has 0 atom stereocenters. The molecule has 7 nitrogen and oxygen atoms in total. The zero-order valence-corrected chi connectivity index (χ0v) is 22.7. The SMILES string of the molecule is COc1cc(C(Nc2ccc(Br)cc2)=[N+](c2ccc(O)cc2)c2ccc(O)cc2)cc(OC)c1OC.[Cl-]. The summed E-state index contributed by atoms with van der Waals surface area (Å²) in [5.74, 6) is 2.45. The molecule has 0 saturated carbocycles. The van der Waals surface area contributed by atoms with Crippen LogP contribution in [0.15, 0.2) is 89.4 Å². The summed E-state index contributed by atoms with van der Waals surface area (Å²) in [5.41, 5.74) is 3.12. The van der Waals surface area contributed by atoms with Crippen molar-refractivity contribution < 1.29 is 36.8 Å². The van der Waals surface area contributed by atoms with Crippen LogP contribution in [0, 0.1) is 0 Å². The van der Waals surface area contributed by atoms with E-state index < -0.39 is 0 Å². The number of benzene rings is 4. The molecule has 0 aliphatic heterocycles. The third kappa shape index (κ3) is 6.28. The van der Waals surface area contributed by atoms with E-state index >= 15 is 0 Å². The van der Waals surface area contributed by atoms with Crippen molar-refractivity contribution in [3.05, 3.63) is 95.0 Å². The Kier molecular flexibility index (Phi) is 9.27. The van der Waals surface area contributed by atoms with Gasteiger partial charge in [-0.05, 0) is 84.9 Å². The number of hydrogen-bond acceptors (Lipinski definition) is 5. The maximum atomic E-state index is 9.93. The minimum atomic E-state index is 0. The Balaban J connectivity index is 0.00000380. The van der Waals surface area contributed by atoms with Gasteiger partial charge in [0.05, 0.1) is 26.9 Å². The molecule has 0 fully saturated rings. The van der Waals surface area contributed by atoms with Crippen molar-refractivity contribution in [2.75, 3.05) is 26.6 Å². The number of nitrogens with zero attached hydrogens (tertiary/aromatic N) is 1. The lowest BCUT2D eigenvalue weighted by atomic mass is 10.1. The number of anilines is 1. The van der Waals surface area contributed by atoms with Crippen molar-refractivity contribution in [2.24, 2.45) is 0 Å². The highest BCUT2D eigenvalue weighted by atomic mass is 79.9. The number of methoxy groups -OCH3 is 3. The van der Waals surface area contributed by atoms with E-state index in [2.05, 4.69) is 21.2 Å². The van der Waals surface area contributed by atoms with Crippen LogP contribution >= 0.6 is 15.9 Å². The van der Waals surface area contributed by atoms with Gasteiger partial charge >= 0.3 is 0 Å². The van der Waals surface area contributed by atoms with E-state index in [4.69, 9.17) is 14.2 Å². The van der Waals surface area contributed by atoms with Gasteiger partial charge in [0.15, 0.2) is 11.5 Å². The van der Waals surface area contributed by atoms with Gasteiger partial charge in [-0.1, -0.05) is 15.9 Å². The Morgan fingerprint density at radius 1 is 0.703 bits per heavy atom. The fraction of sp³-hybridized carbons (Fsp3) is 0.107. The molecule has 9 heteroatoms. The summed E-state index contributed by atoms with van der Waals surface area (Å²) in [6.45, 7) is 0. The van der Waals surface area contributed by atoms with Crippen LogP contribution in [0.25, 0.3) is 0 Å². The number of amidine groups is 1. The molecule has 0 saturated heterocycles. The average Bonchev–Trinajstić information content (AvgIpc) is 2.90. The van der Waals surface area contributed by atoms with Crippen LogP contribution < -0.4 is 36.5 Å². The second-order valence-corrected chi connectivity index (χ2v) is 8.68. The van der Waals surface area contributed by atoms with Gasteiger partial charge in [0.25, 0.3) is 5.84 Å². The molecule has 0 aliphatic rings. The molecule has 4 aromatic rings. The monoisotopic (exact) mass is 584 g/mol. The summed E-state index contributed by atoms with van der Waals surface area (Å²) in [6, 6.07) is 25.2. The predicted molar refractivity (Wildman–Crippen MR) is 146 cm³/mol. The van der Waals surface area contributed by atoms with Crippen LogP contribution in [0.1, 0.15) is 5.56 Å². The first-order chi connectivity index (χ1) is 17.4. The third-order valence-electron chi connectivity index (χ3n) is 5.48. The van der Waals surface area contributed by atoms with Crippen molar-refractivity contribution in [1.82, 2.24) is 4.58 Å². The molecule has 0 spiro atoms. The fourth-order valence-electron chi connectivity index (χ4n) is 3.76. The Morgan fingerprint density at radius 2 is 1.16 bits per heavy atom. The third-order valence-corrected chi connectivity index (χ3v) is 6.01. The zero-order valence-electron chi connectivity index (χ0n) is 20.4. The number of hydrogen-bond donors (Lipinski definition) is 3. The largest absolute Gasteiger partial charge is 1.00 e. The standard InChI is InChI=1S/C28H25BrN2O5.ClH/c1-34-25-16-18(17-26(35-2)27(25)36-3)28(30-20-6-4-19(29)5-7-20)31(21-8-12-23(32)13-9-21)22-10-14-24(33)15-11-22;/h4-17,32-33H,1-3H3;1H. The Hall–Kier alpha value is -3.88. The van der Waals surface area contributed by atoms with E-state index in [1.165, 1.54) is 0 Å². The van der Waals surface area contributed by atoms with E-state index in [1.807, 2.05) is 65.2 Å². The molecular weight excluding hydrogens is 560 g/mol. The quantitative estimate of drug-likeness (QED) is 0.176. The first-order valence-corrected chi connectivity index (χ1v) is 11.8. The van der Waals surface area contributed by atoms with Crippen LogP contribution in [-0.2, 0) is 0 Å². The molecule has 37 heavy (non-hydrogen) atoms. The maximum absolute atomic E-state index is 9.93. The second-order valence-electron chi connectivity index (χ2n) is 7.76. The van der Waals surface area contributed by atoms with E-state index in [1.54, 1.807) is 45.6 Å². The number of nitrogens with one attached hydrogen (secondary N) is 1. The lowest BCUT2D eigenvalue weighted by Gasteiger charge is -2.17. The summed E-state index contributed by atoms with van der Waals surface area (Å²) in [6.07, 6.45) is 0. The minimum Gasteiger partial charge on any atom is -1.00 e. The average molecular weight is 586 g/mol. The van der Waals surface area contributed by atoms with Gasteiger partial charge in [-0.3, -0.25) is 0 Å². The van der Waals surface area contributed by atoms with Gasteiger partial charge in [0.1, 0.15) is 28.6 Å². The van der Waals surface area contributed by atoms with Crippen LogP contribution in [0.5, 0.6) is 28.7 Å². The molecule has 4 rings (SSSR count). The molecule has 0 aliphatic carbocycles. The normalized spacial score (nSPS) is 10.2. The van der Waals surface area contributed by atoms with Gasteiger partial charge in [0, 0.05) is 4.47 Å². The number of halogens is 2. The zero-order chi connectivity index (χ0) is 25.7. The highest BCUT2D eigenvalue weighted by molar-refractivity contribution is 9.10. The molecule has 4 aromatic carbocycles. The molecule has 0 unspecified atom stereocenters. The van der Waals surface area contributed by atoms with Gasteiger partial charge in [-0.2, -0.15) is 4.58 Å². The topological polar surface area (TPSA) is 83.2 Å². The Labute approximate surface area is 230 Å². The summed E-state index contributed by atoms with van der Waals surface area (Å²) < 4.78 is 19.7. The Bertz CT molecular complexity index is 1300. The van der Waals surface area contributed by atoms with E-state index in [0.29, 0.717) is 23.1 Å². The molecule has 0 heterocycles. The van der Waals surface area contributed by atoms with Crippen molar-refractivity contribution in [2.45, 2.75) is 0 Å². The van der Waals surface area contributed by atoms with Crippen molar-refractivity contribution >= 4 is 38.8 Å². The molecule has 0 aromatic heterocycles. The van der Waals surface area contributed by atoms with Crippen molar-refractivity contribution in [1.29, 1.82) is 0 Å². The number of ether oxygens (including phenoxy) is 3. The summed E-state index contributed by atoms with van der Waals surface area (Å²) >= 11 is 3.49. The van der Waals surface area contributed by atoms with E-state index in [9.17, 15) is 10.2 Å². The second kappa shape index (κ2) is 12.4. The molecule has 0 bridgehead atoms. The lowest BCUT2D eigenvalue weighted by molar-refractivity contribution is -0.00000989. The number of phenols is 2.